The van der Waals surface area contributed by atoms with Crippen molar-refractivity contribution in [1.82, 2.24) is 0 Å². The molecular formula is C11H16ClNOS. The summed E-state index contributed by atoms with van der Waals surface area (Å²) in [4.78, 5) is 1.05. The molecule has 0 aliphatic carbocycles. The van der Waals surface area contributed by atoms with Crippen LogP contribution in [0.4, 0.5) is 0 Å². The average molecular weight is 246 g/mol. The number of rotatable bonds is 4. The lowest BCUT2D eigenvalue weighted by Gasteiger charge is -2.16. The van der Waals surface area contributed by atoms with E-state index >= 15 is 0 Å². The third-order valence-electron chi connectivity index (χ3n) is 2.24. The molecule has 0 saturated carbocycles. The van der Waals surface area contributed by atoms with Gasteiger partial charge in [-0.1, -0.05) is 24.6 Å². The Bertz CT molecular complexity index is 330. The number of thioether (sulfide) groups is 1. The Labute approximate surface area is 99.8 Å². The van der Waals surface area contributed by atoms with Crippen LogP contribution in [0.1, 0.15) is 19.4 Å². The van der Waals surface area contributed by atoms with Crippen LogP contribution in [0.2, 0.25) is 5.02 Å². The van der Waals surface area contributed by atoms with Gasteiger partial charge in [0.1, 0.15) is 0 Å². The van der Waals surface area contributed by atoms with E-state index < -0.39 is 0 Å². The minimum absolute atomic E-state index is 0.133. The van der Waals surface area contributed by atoms with Crippen LogP contribution in [-0.4, -0.2) is 16.5 Å². The molecule has 3 N–H and O–H groups in total. The van der Waals surface area contributed by atoms with Crippen molar-refractivity contribution in [3.63, 3.8) is 0 Å². The molecule has 1 rings (SSSR count). The molecule has 0 spiro atoms. The first kappa shape index (κ1) is 12.8. The topological polar surface area (TPSA) is 46.2 Å². The van der Waals surface area contributed by atoms with Gasteiger partial charge in [0.25, 0.3) is 0 Å². The molecule has 0 heterocycles. The highest BCUT2D eigenvalue weighted by Crippen LogP contribution is 2.30. The molecule has 2 unspecified atom stereocenters. The molecule has 0 amide bonds. The molecule has 0 saturated heterocycles. The number of aliphatic hydroxyl groups is 1. The van der Waals surface area contributed by atoms with Gasteiger partial charge >= 0.3 is 0 Å². The maximum Gasteiger partial charge on any atom is 0.0631 e. The minimum atomic E-state index is -0.348. The van der Waals surface area contributed by atoms with Crippen LogP contribution in [0, 0.1) is 0 Å². The van der Waals surface area contributed by atoms with Gasteiger partial charge in [-0.25, -0.2) is 0 Å². The third kappa shape index (κ3) is 3.68. The second-order valence-electron chi connectivity index (χ2n) is 3.52. The maximum atomic E-state index is 9.43. The zero-order valence-corrected chi connectivity index (χ0v) is 10.5. The average Bonchev–Trinajstić information content (AvgIpc) is 2.18. The molecule has 15 heavy (non-hydrogen) atoms. The summed E-state index contributed by atoms with van der Waals surface area (Å²) in [6.07, 6.45) is -0.348. The zero-order valence-electron chi connectivity index (χ0n) is 8.90. The molecule has 4 heteroatoms. The lowest BCUT2D eigenvalue weighted by atomic mass is 10.2. The predicted molar refractivity (Wildman–Crippen MR) is 66.3 cm³/mol. The van der Waals surface area contributed by atoms with E-state index in [0.29, 0.717) is 11.6 Å². The van der Waals surface area contributed by atoms with E-state index in [-0.39, 0.29) is 11.4 Å². The molecule has 0 radical (unpaired) electrons. The summed E-state index contributed by atoms with van der Waals surface area (Å²) in [5.41, 5.74) is 6.70. The van der Waals surface area contributed by atoms with Crippen molar-refractivity contribution in [1.29, 1.82) is 0 Å². The Hall–Kier alpha value is -0.220. The van der Waals surface area contributed by atoms with Crippen LogP contribution in [0.5, 0.6) is 0 Å². The smallest absolute Gasteiger partial charge is 0.0631 e. The molecule has 0 fully saturated rings. The summed E-state index contributed by atoms with van der Waals surface area (Å²) in [7, 11) is 0. The molecule has 84 valence electrons. The van der Waals surface area contributed by atoms with Gasteiger partial charge in [-0.3, -0.25) is 0 Å². The number of benzene rings is 1. The fraction of sp³-hybridized carbons (Fsp3) is 0.455. The number of hydrogen-bond acceptors (Lipinski definition) is 3. The van der Waals surface area contributed by atoms with Gasteiger partial charge in [-0.2, -0.15) is 0 Å². The molecule has 1 aromatic rings. The quantitative estimate of drug-likeness (QED) is 0.802. The molecule has 1 aromatic carbocycles. The van der Waals surface area contributed by atoms with E-state index in [4.69, 9.17) is 17.3 Å². The number of hydrogen-bond donors (Lipinski definition) is 2. The monoisotopic (exact) mass is 245 g/mol. The van der Waals surface area contributed by atoms with Crippen molar-refractivity contribution in [2.24, 2.45) is 5.73 Å². The van der Waals surface area contributed by atoms with Crippen molar-refractivity contribution in [3.8, 4) is 0 Å². The van der Waals surface area contributed by atoms with E-state index in [1.165, 1.54) is 0 Å². The van der Waals surface area contributed by atoms with Gasteiger partial charge in [0.2, 0.25) is 0 Å². The van der Waals surface area contributed by atoms with Gasteiger partial charge in [0.15, 0.2) is 0 Å². The van der Waals surface area contributed by atoms with Crippen molar-refractivity contribution < 1.29 is 5.11 Å². The second kappa shape index (κ2) is 5.75. The Morgan fingerprint density at radius 2 is 2.13 bits per heavy atom. The number of nitrogens with two attached hydrogens (primary N) is 1. The fourth-order valence-corrected chi connectivity index (χ4v) is 2.44. The van der Waals surface area contributed by atoms with Gasteiger partial charge in [-0.15, -0.1) is 11.8 Å². The normalized spacial score (nSPS) is 15.0. The Balaban J connectivity index is 2.87. The second-order valence-corrected chi connectivity index (χ2v) is 5.38. The van der Waals surface area contributed by atoms with Crippen LogP contribution < -0.4 is 5.73 Å². The van der Waals surface area contributed by atoms with Crippen LogP contribution >= 0.6 is 23.4 Å². The summed E-state index contributed by atoms with van der Waals surface area (Å²) in [6.45, 7) is 4.26. The van der Waals surface area contributed by atoms with Crippen LogP contribution in [0.25, 0.3) is 0 Å². The lowest BCUT2D eigenvalue weighted by Crippen LogP contribution is -2.15. The van der Waals surface area contributed by atoms with Gasteiger partial charge < -0.3 is 10.8 Å². The number of aliphatic hydroxyl groups excluding tert-OH is 1. The van der Waals surface area contributed by atoms with Crippen molar-refractivity contribution in [2.75, 3.05) is 0 Å². The van der Waals surface area contributed by atoms with Crippen molar-refractivity contribution in [3.05, 3.63) is 28.8 Å². The summed E-state index contributed by atoms with van der Waals surface area (Å²) in [6, 6.07) is 5.66. The van der Waals surface area contributed by atoms with Crippen molar-refractivity contribution in [2.45, 2.75) is 36.6 Å². The number of halogens is 1. The van der Waals surface area contributed by atoms with E-state index in [1.54, 1.807) is 18.7 Å². The molecule has 2 nitrogen and oxygen atoms in total. The molecule has 0 bridgehead atoms. The maximum absolute atomic E-state index is 9.43. The van der Waals surface area contributed by atoms with Gasteiger partial charge in [-0.05, 0) is 24.6 Å². The largest absolute Gasteiger partial charge is 0.392 e. The van der Waals surface area contributed by atoms with Crippen molar-refractivity contribution >= 4 is 23.4 Å². The van der Waals surface area contributed by atoms with Crippen LogP contribution in [0.3, 0.4) is 0 Å². The van der Waals surface area contributed by atoms with E-state index in [2.05, 4.69) is 0 Å². The Morgan fingerprint density at radius 3 is 2.67 bits per heavy atom. The summed E-state index contributed by atoms with van der Waals surface area (Å²) < 4.78 is 0. The Kier molecular flexibility index (Phi) is 4.93. The van der Waals surface area contributed by atoms with E-state index in [0.717, 1.165) is 10.5 Å². The SMILES string of the molecule is CC(O)C(C)Sc1cc(Cl)ccc1CN. The lowest BCUT2D eigenvalue weighted by molar-refractivity contribution is 0.196. The third-order valence-corrected chi connectivity index (χ3v) is 3.88. The zero-order chi connectivity index (χ0) is 11.4. The molecular weight excluding hydrogens is 230 g/mol. The standard InChI is InChI=1S/C11H16ClNOS/c1-7(14)8(2)15-11-5-10(12)4-3-9(11)6-13/h3-5,7-8,14H,6,13H2,1-2H3. The minimum Gasteiger partial charge on any atom is -0.392 e. The predicted octanol–water partition coefficient (Wildman–Crippen LogP) is 2.66. The Morgan fingerprint density at radius 1 is 1.47 bits per heavy atom. The molecule has 0 aliphatic heterocycles. The first-order chi connectivity index (χ1) is 7.04. The first-order valence-electron chi connectivity index (χ1n) is 4.87. The molecule has 0 aliphatic rings. The molecule has 2 atom stereocenters. The highest BCUT2D eigenvalue weighted by atomic mass is 35.5. The van der Waals surface area contributed by atoms with Crippen LogP contribution in [-0.2, 0) is 6.54 Å². The molecule has 0 aromatic heterocycles. The highest BCUT2D eigenvalue weighted by Gasteiger charge is 2.12. The highest BCUT2D eigenvalue weighted by molar-refractivity contribution is 8.00. The fourth-order valence-electron chi connectivity index (χ4n) is 1.11. The first-order valence-corrected chi connectivity index (χ1v) is 6.13. The van der Waals surface area contributed by atoms with E-state index in [1.807, 2.05) is 25.1 Å². The van der Waals surface area contributed by atoms with Gasteiger partial charge in [0, 0.05) is 21.7 Å². The summed E-state index contributed by atoms with van der Waals surface area (Å²) in [5.74, 6) is 0. The van der Waals surface area contributed by atoms with E-state index in [9.17, 15) is 5.11 Å². The van der Waals surface area contributed by atoms with Gasteiger partial charge in [0.05, 0.1) is 6.10 Å². The summed E-state index contributed by atoms with van der Waals surface area (Å²) >= 11 is 7.52. The van der Waals surface area contributed by atoms with Crippen LogP contribution in [0.15, 0.2) is 23.1 Å². The summed E-state index contributed by atoms with van der Waals surface area (Å²) in [5, 5.41) is 10.3.